The Hall–Kier alpha value is -0.180. The van der Waals surface area contributed by atoms with Crippen molar-refractivity contribution in [3.8, 4) is 0 Å². The van der Waals surface area contributed by atoms with Crippen molar-refractivity contribution in [3.63, 3.8) is 0 Å². The second kappa shape index (κ2) is 6.30. The fourth-order valence-electron chi connectivity index (χ4n) is 0.983. The first-order valence-electron chi connectivity index (χ1n) is 4.48. The lowest BCUT2D eigenvalue weighted by Gasteiger charge is -2.20. The lowest BCUT2D eigenvalue weighted by Crippen LogP contribution is -2.13. The summed E-state index contributed by atoms with van der Waals surface area (Å²) in [5, 5.41) is 0. The number of hydrogen-bond acceptors (Lipinski definition) is 4. The summed E-state index contributed by atoms with van der Waals surface area (Å²) in [4.78, 5) is 10.6. The first-order chi connectivity index (χ1) is 6.14. The first-order valence-corrected chi connectivity index (χ1v) is 6.09. The summed E-state index contributed by atoms with van der Waals surface area (Å²) in [6.45, 7) is 5.82. The van der Waals surface area contributed by atoms with Gasteiger partial charge in [0.1, 0.15) is 11.9 Å². The Morgan fingerprint density at radius 2 is 1.69 bits per heavy atom. The number of carbonyl (C=O) groups excluding carboxylic acids is 1. The maximum Gasteiger partial charge on any atom is 0.340 e. The largest absolute Gasteiger partial charge is 0.340 e. The molecule has 0 bridgehead atoms. The SMILES string of the molecule is CCOP(=O)(OCC)[C@@H](C=O)CC. The molecule has 0 N–H and O–H groups in total. The van der Waals surface area contributed by atoms with Crippen LogP contribution in [0.5, 0.6) is 0 Å². The minimum absolute atomic E-state index is 0.293. The number of aldehydes is 1. The van der Waals surface area contributed by atoms with E-state index in [-0.39, 0.29) is 0 Å². The third kappa shape index (κ3) is 3.59. The highest BCUT2D eigenvalue weighted by atomic mass is 31.2. The average molecular weight is 208 g/mol. The topological polar surface area (TPSA) is 52.6 Å². The van der Waals surface area contributed by atoms with Crippen molar-refractivity contribution in [2.75, 3.05) is 13.2 Å². The molecule has 0 aromatic carbocycles. The van der Waals surface area contributed by atoms with Gasteiger partial charge in [0.05, 0.1) is 13.2 Å². The summed E-state index contributed by atoms with van der Waals surface area (Å²) < 4.78 is 21.9. The van der Waals surface area contributed by atoms with Crippen LogP contribution in [-0.4, -0.2) is 25.2 Å². The van der Waals surface area contributed by atoms with Gasteiger partial charge in [-0.05, 0) is 20.3 Å². The summed E-state index contributed by atoms with van der Waals surface area (Å²) >= 11 is 0. The van der Waals surface area contributed by atoms with Gasteiger partial charge in [0.15, 0.2) is 0 Å². The smallest absolute Gasteiger partial charge is 0.308 e. The van der Waals surface area contributed by atoms with E-state index in [1.165, 1.54) is 0 Å². The third-order valence-electron chi connectivity index (χ3n) is 1.60. The Kier molecular flexibility index (Phi) is 6.21. The Morgan fingerprint density at radius 3 is 1.92 bits per heavy atom. The fraction of sp³-hybridized carbons (Fsp3) is 0.875. The van der Waals surface area contributed by atoms with E-state index < -0.39 is 13.3 Å². The molecule has 1 atom stereocenters. The zero-order valence-corrected chi connectivity index (χ0v) is 9.25. The van der Waals surface area contributed by atoms with Gasteiger partial charge in [0.2, 0.25) is 0 Å². The number of rotatable bonds is 7. The van der Waals surface area contributed by atoms with E-state index in [0.29, 0.717) is 25.9 Å². The zero-order chi connectivity index (χ0) is 10.3. The summed E-state index contributed by atoms with van der Waals surface area (Å²) in [7, 11) is -3.20. The highest BCUT2D eigenvalue weighted by molar-refractivity contribution is 7.55. The van der Waals surface area contributed by atoms with Crippen molar-refractivity contribution in [1.29, 1.82) is 0 Å². The standard InChI is InChI=1S/C8H17O4P/c1-4-8(7-9)13(10,11-5-2)12-6-3/h7-8H,4-6H2,1-3H3/t8-/m1/s1. The molecule has 0 fully saturated rings. The highest BCUT2D eigenvalue weighted by Crippen LogP contribution is 2.53. The van der Waals surface area contributed by atoms with Crippen molar-refractivity contribution in [3.05, 3.63) is 0 Å². The minimum atomic E-state index is -3.20. The van der Waals surface area contributed by atoms with Crippen molar-refractivity contribution >= 4 is 13.9 Å². The molecule has 0 unspecified atom stereocenters. The van der Waals surface area contributed by atoms with Crippen molar-refractivity contribution in [1.82, 2.24) is 0 Å². The van der Waals surface area contributed by atoms with Gasteiger partial charge in [0, 0.05) is 0 Å². The van der Waals surface area contributed by atoms with Crippen LogP contribution < -0.4 is 0 Å². The lowest BCUT2D eigenvalue weighted by molar-refractivity contribution is -0.107. The maximum absolute atomic E-state index is 11.9. The molecule has 0 aliphatic rings. The summed E-state index contributed by atoms with van der Waals surface area (Å²) in [6, 6.07) is 0. The average Bonchev–Trinajstić information content (AvgIpc) is 2.07. The lowest BCUT2D eigenvalue weighted by atomic mass is 10.4. The van der Waals surface area contributed by atoms with Crippen LogP contribution in [0.25, 0.3) is 0 Å². The van der Waals surface area contributed by atoms with E-state index in [0.717, 1.165) is 0 Å². The molecule has 0 radical (unpaired) electrons. The van der Waals surface area contributed by atoms with Crippen LogP contribution in [-0.2, 0) is 18.4 Å². The van der Waals surface area contributed by atoms with Gasteiger partial charge in [-0.2, -0.15) is 0 Å². The van der Waals surface area contributed by atoms with E-state index in [9.17, 15) is 9.36 Å². The second-order valence-electron chi connectivity index (χ2n) is 2.49. The minimum Gasteiger partial charge on any atom is -0.308 e. The Balaban J connectivity index is 4.53. The number of hydrogen-bond donors (Lipinski definition) is 0. The van der Waals surface area contributed by atoms with Crippen molar-refractivity contribution in [2.24, 2.45) is 0 Å². The van der Waals surface area contributed by atoms with Gasteiger partial charge in [-0.15, -0.1) is 0 Å². The molecule has 0 aromatic rings. The predicted molar refractivity (Wildman–Crippen MR) is 51.0 cm³/mol. The Labute approximate surface area is 79.1 Å². The fourth-order valence-corrected chi connectivity index (χ4v) is 2.76. The van der Waals surface area contributed by atoms with Crippen LogP contribution in [0.2, 0.25) is 0 Å². The van der Waals surface area contributed by atoms with Crippen molar-refractivity contribution in [2.45, 2.75) is 32.9 Å². The monoisotopic (exact) mass is 208 g/mol. The van der Waals surface area contributed by atoms with Gasteiger partial charge in [-0.3, -0.25) is 4.57 Å². The molecule has 0 aliphatic heterocycles. The molecule has 0 heterocycles. The van der Waals surface area contributed by atoms with Gasteiger partial charge >= 0.3 is 7.60 Å². The molecule has 78 valence electrons. The van der Waals surface area contributed by atoms with Crippen LogP contribution >= 0.6 is 7.60 Å². The van der Waals surface area contributed by atoms with Crippen molar-refractivity contribution < 1.29 is 18.4 Å². The molecular weight excluding hydrogens is 191 g/mol. The quantitative estimate of drug-likeness (QED) is 0.475. The summed E-state index contributed by atoms with van der Waals surface area (Å²) in [5.74, 6) is 0. The molecule has 0 aliphatic carbocycles. The Bertz CT molecular complexity index is 183. The molecule has 0 spiro atoms. The van der Waals surface area contributed by atoms with Crippen LogP contribution in [0.1, 0.15) is 27.2 Å². The number of carbonyl (C=O) groups is 1. The van der Waals surface area contributed by atoms with Crippen LogP contribution in [0.4, 0.5) is 0 Å². The molecule has 13 heavy (non-hydrogen) atoms. The van der Waals surface area contributed by atoms with E-state index in [1.54, 1.807) is 20.8 Å². The molecule has 0 saturated carbocycles. The van der Waals surface area contributed by atoms with Gasteiger partial charge in [-0.1, -0.05) is 6.92 Å². The molecule has 0 aromatic heterocycles. The molecule has 0 saturated heterocycles. The highest BCUT2D eigenvalue weighted by Gasteiger charge is 2.33. The Morgan fingerprint density at radius 1 is 1.23 bits per heavy atom. The van der Waals surface area contributed by atoms with Gasteiger partial charge < -0.3 is 13.8 Å². The van der Waals surface area contributed by atoms with E-state index >= 15 is 0 Å². The van der Waals surface area contributed by atoms with E-state index in [2.05, 4.69) is 0 Å². The maximum atomic E-state index is 11.9. The predicted octanol–water partition coefficient (Wildman–Crippen LogP) is 2.23. The van der Waals surface area contributed by atoms with Crippen LogP contribution in [0, 0.1) is 0 Å². The molecule has 0 amide bonds. The van der Waals surface area contributed by atoms with Gasteiger partial charge in [-0.25, -0.2) is 0 Å². The van der Waals surface area contributed by atoms with Crippen LogP contribution in [0.15, 0.2) is 0 Å². The third-order valence-corrected chi connectivity index (χ3v) is 4.14. The first kappa shape index (κ1) is 12.8. The van der Waals surface area contributed by atoms with Gasteiger partial charge in [0.25, 0.3) is 0 Å². The van der Waals surface area contributed by atoms with E-state index in [4.69, 9.17) is 9.05 Å². The second-order valence-corrected chi connectivity index (χ2v) is 4.75. The molecule has 4 nitrogen and oxygen atoms in total. The van der Waals surface area contributed by atoms with E-state index in [1.807, 2.05) is 0 Å². The molecule has 0 rings (SSSR count). The molecular formula is C8H17O4P. The summed E-state index contributed by atoms with van der Waals surface area (Å²) in [6.07, 6.45) is 1.12. The molecule has 5 heteroatoms. The summed E-state index contributed by atoms with van der Waals surface area (Å²) in [5.41, 5.74) is -0.632. The normalized spacial score (nSPS) is 14.1. The zero-order valence-electron chi connectivity index (χ0n) is 8.36. The van der Waals surface area contributed by atoms with Crippen LogP contribution in [0.3, 0.4) is 0 Å².